The first-order valence-electron chi connectivity index (χ1n) is 7.01. The van der Waals surface area contributed by atoms with Crippen LogP contribution in [0.2, 0.25) is 0 Å². The Balaban J connectivity index is 1.90. The van der Waals surface area contributed by atoms with E-state index in [-0.39, 0.29) is 5.69 Å². The van der Waals surface area contributed by atoms with Crippen molar-refractivity contribution in [3.05, 3.63) is 64.2 Å². The summed E-state index contributed by atoms with van der Waals surface area (Å²) in [6.45, 7) is 0.370. The highest BCUT2D eigenvalue weighted by atomic mass is 16.6. The average Bonchev–Trinajstić information content (AvgIpc) is 2.53. The molecule has 2 amide bonds. The quantitative estimate of drug-likeness (QED) is 0.656. The molecule has 0 aliphatic carbocycles. The number of nitro groups is 1. The van der Waals surface area contributed by atoms with Crippen molar-refractivity contribution in [3.8, 4) is 0 Å². The lowest BCUT2D eigenvalue weighted by atomic mass is 10.2. The molecule has 0 saturated carbocycles. The summed E-state index contributed by atoms with van der Waals surface area (Å²) >= 11 is 0. The molecular weight excluding hydrogens is 296 g/mol. The third kappa shape index (κ3) is 4.70. The van der Waals surface area contributed by atoms with Gasteiger partial charge in [0, 0.05) is 44.1 Å². The molecule has 0 heterocycles. The first-order chi connectivity index (χ1) is 11.0. The summed E-state index contributed by atoms with van der Waals surface area (Å²) in [6.07, 6.45) is 0. The van der Waals surface area contributed by atoms with Crippen molar-refractivity contribution in [1.29, 1.82) is 0 Å². The van der Waals surface area contributed by atoms with E-state index in [0.29, 0.717) is 12.2 Å². The lowest BCUT2D eigenvalue weighted by Gasteiger charge is -2.13. The zero-order chi connectivity index (χ0) is 16.8. The normalized spacial score (nSPS) is 10.0. The molecule has 120 valence electrons. The molecule has 7 heteroatoms. The van der Waals surface area contributed by atoms with Crippen molar-refractivity contribution in [3.63, 3.8) is 0 Å². The minimum atomic E-state index is -0.505. The maximum atomic E-state index is 11.8. The maximum Gasteiger partial charge on any atom is 0.319 e. The van der Waals surface area contributed by atoms with Gasteiger partial charge in [0.15, 0.2) is 0 Å². The Hall–Kier alpha value is -3.09. The van der Waals surface area contributed by atoms with Crippen LogP contribution in [0.4, 0.5) is 21.9 Å². The number of nitrogens with zero attached hydrogens (tertiary/aromatic N) is 2. The van der Waals surface area contributed by atoms with Crippen LogP contribution in [0.25, 0.3) is 0 Å². The molecule has 0 fully saturated rings. The first-order valence-corrected chi connectivity index (χ1v) is 7.01. The summed E-state index contributed by atoms with van der Waals surface area (Å²) in [4.78, 5) is 24.0. The van der Waals surface area contributed by atoms with E-state index in [1.807, 2.05) is 43.3 Å². The van der Waals surface area contributed by atoms with Gasteiger partial charge in [-0.3, -0.25) is 10.1 Å². The predicted molar refractivity (Wildman–Crippen MR) is 89.7 cm³/mol. The molecule has 2 aromatic carbocycles. The largest absolute Gasteiger partial charge is 0.378 e. The van der Waals surface area contributed by atoms with Crippen molar-refractivity contribution < 1.29 is 9.72 Å². The number of non-ortho nitro benzene ring substituents is 1. The smallest absolute Gasteiger partial charge is 0.319 e. The third-order valence-electron chi connectivity index (χ3n) is 3.22. The Kier molecular flexibility index (Phi) is 5.14. The van der Waals surface area contributed by atoms with Crippen LogP contribution in [0.15, 0.2) is 48.5 Å². The van der Waals surface area contributed by atoms with Gasteiger partial charge in [0.05, 0.1) is 4.92 Å². The molecule has 2 aromatic rings. The van der Waals surface area contributed by atoms with Gasteiger partial charge in [-0.1, -0.05) is 18.2 Å². The fourth-order valence-corrected chi connectivity index (χ4v) is 1.97. The molecular formula is C16H18N4O3. The standard InChI is InChI=1S/C16H18N4O3/c1-19(2)14-8-6-12(7-9-14)11-17-16(21)18-13-4-3-5-15(10-13)20(22)23/h3-10H,11H2,1-2H3,(H2,17,18,21). The molecule has 0 saturated heterocycles. The second kappa shape index (κ2) is 7.26. The van der Waals surface area contributed by atoms with Crippen molar-refractivity contribution in [2.45, 2.75) is 6.54 Å². The van der Waals surface area contributed by atoms with Gasteiger partial charge in [0.2, 0.25) is 0 Å². The molecule has 0 atom stereocenters. The lowest BCUT2D eigenvalue weighted by molar-refractivity contribution is -0.384. The number of benzene rings is 2. The molecule has 7 nitrogen and oxygen atoms in total. The molecule has 0 spiro atoms. The molecule has 0 aliphatic heterocycles. The Morgan fingerprint density at radius 3 is 2.48 bits per heavy atom. The number of amides is 2. The van der Waals surface area contributed by atoms with Gasteiger partial charge >= 0.3 is 6.03 Å². The van der Waals surface area contributed by atoms with Gasteiger partial charge in [-0.15, -0.1) is 0 Å². The minimum absolute atomic E-state index is 0.0675. The summed E-state index contributed by atoms with van der Waals surface area (Å²) in [6, 6.07) is 13.2. The van der Waals surface area contributed by atoms with E-state index in [0.717, 1.165) is 11.3 Å². The number of hydrogen-bond donors (Lipinski definition) is 2. The van der Waals surface area contributed by atoms with Crippen LogP contribution in [-0.4, -0.2) is 25.0 Å². The first kappa shape index (κ1) is 16.3. The van der Waals surface area contributed by atoms with Crippen LogP contribution >= 0.6 is 0 Å². The summed E-state index contributed by atoms with van der Waals surface area (Å²) in [7, 11) is 3.92. The predicted octanol–water partition coefficient (Wildman–Crippen LogP) is 2.98. The van der Waals surface area contributed by atoms with Crippen molar-refractivity contribution in [1.82, 2.24) is 5.32 Å². The minimum Gasteiger partial charge on any atom is -0.378 e. The Bertz CT molecular complexity index is 699. The second-order valence-electron chi connectivity index (χ2n) is 5.18. The molecule has 2 rings (SSSR count). The highest BCUT2D eigenvalue weighted by molar-refractivity contribution is 5.89. The average molecular weight is 314 g/mol. The molecule has 0 unspecified atom stereocenters. The molecule has 0 aliphatic rings. The topological polar surface area (TPSA) is 87.5 Å². The van der Waals surface area contributed by atoms with Gasteiger partial charge in [0.25, 0.3) is 5.69 Å². The van der Waals surface area contributed by atoms with Gasteiger partial charge in [0.1, 0.15) is 0 Å². The van der Waals surface area contributed by atoms with Crippen molar-refractivity contribution in [2.75, 3.05) is 24.3 Å². The van der Waals surface area contributed by atoms with Gasteiger partial charge in [-0.2, -0.15) is 0 Å². The number of carbonyl (C=O) groups excluding carboxylic acids is 1. The highest BCUT2D eigenvalue weighted by Gasteiger charge is 2.08. The third-order valence-corrected chi connectivity index (χ3v) is 3.22. The zero-order valence-corrected chi connectivity index (χ0v) is 12.9. The second-order valence-corrected chi connectivity index (χ2v) is 5.18. The molecule has 23 heavy (non-hydrogen) atoms. The van der Waals surface area contributed by atoms with E-state index in [1.165, 1.54) is 18.2 Å². The van der Waals surface area contributed by atoms with Crippen molar-refractivity contribution in [2.24, 2.45) is 0 Å². The van der Waals surface area contributed by atoms with Crippen LogP contribution in [0, 0.1) is 10.1 Å². The zero-order valence-electron chi connectivity index (χ0n) is 12.9. The van der Waals surface area contributed by atoms with Crippen LogP contribution in [0.1, 0.15) is 5.56 Å². The van der Waals surface area contributed by atoms with Crippen LogP contribution in [0.5, 0.6) is 0 Å². The van der Waals surface area contributed by atoms with Crippen LogP contribution in [-0.2, 0) is 6.54 Å². The number of rotatable bonds is 5. The van der Waals surface area contributed by atoms with E-state index < -0.39 is 11.0 Å². The highest BCUT2D eigenvalue weighted by Crippen LogP contribution is 2.17. The summed E-state index contributed by atoms with van der Waals surface area (Å²) in [5, 5.41) is 16.0. The fourth-order valence-electron chi connectivity index (χ4n) is 1.97. The van der Waals surface area contributed by atoms with Crippen molar-refractivity contribution >= 4 is 23.1 Å². The van der Waals surface area contributed by atoms with Gasteiger partial charge in [-0.05, 0) is 23.8 Å². The number of hydrogen-bond acceptors (Lipinski definition) is 4. The Labute approximate surface area is 134 Å². The molecule has 0 radical (unpaired) electrons. The molecule has 0 aromatic heterocycles. The number of nitro benzene ring substituents is 1. The van der Waals surface area contributed by atoms with E-state index in [4.69, 9.17) is 0 Å². The van der Waals surface area contributed by atoms with Gasteiger partial charge < -0.3 is 15.5 Å². The molecule has 0 bridgehead atoms. The SMILES string of the molecule is CN(C)c1ccc(CNC(=O)Nc2cccc([N+](=O)[O-])c2)cc1. The van der Waals surface area contributed by atoms with Crippen LogP contribution in [0.3, 0.4) is 0 Å². The van der Waals surface area contributed by atoms with E-state index in [1.54, 1.807) is 6.07 Å². The number of anilines is 2. The fraction of sp³-hybridized carbons (Fsp3) is 0.188. The number of urea groups is 1. The Morgan fingerprint density at radius 1 is 1.17 bits per heavy atom. The number of carbonyl (C=O) groups is 1. The summed E-state index contributed by atoms with van der Waals surface area (Å²) in [5.41, 5.74) is 2.35. The van der Waals surface area contributed by atoms with E-state index >= 15 is 0 Å². The van der Waals surface area contributed by atoms with Gasteiger partial charge in [-0.25, -0.2) is 4.79 Å². The maximum absolute atomic E-state index is 11.8. The summed E-state index contributed by atoms with van der Waals surface area (Å²) < 4.78 is 0. The summed E-state index contributed by atoms with van der Waals surface area (Å²) in [5.74, 6) is 0. The monoisotopic (exact) mass is 314 g/mol. The molecule has 2 N–H and O–H groups in total. The Morgan fingerprint density at radius 2 is 1.87 bits per heavy atom. The van der Waals surface area contributed by atoms with E-state index in [2.05, 4.69) is 10.6 Å². The van der Waals surface area contributed by atoms with Crippen LogP contribution < -0.4 is 15.5 Å². The lowest BCUT2D eigenvalue weighted by Crippen LogP contribution is -2.28. The number of nitrogens with one attached hydrogen (secondary N) is 2. The van der Waals surface area contributed by atoms with E-state index in [9.17, 15) is 14.9 Å².